The third-order valence-electron chi connectivity index (χ3n) is 4.25. The molecule has 0 spiro atoms. The molecule has 4 nitrogen and oxygen atoms in total. The summed E-state index contributed by atoms with van der Waals surface area (Å²) in [6.07, 6.45) is 1.73. The molecule has 1 aromatic carbocycles. The Bertz CT molecular complexity index is 520. The van der Waals surface area contributed by atoms with Crippen molar-refractivity contribution in [2.24, 2.45) is 0 Å². The lowest BCUT2D eigenvalue weighted by Crippen LogP contribution is -2.51. The van der Waals surface area contributed by atoms with Gasteiger partial charge in [-0.15, -0.1) is 0 Å². The molecule has 0 radical (unpaired) electrons. The average molecular weight is 338 g/mol. The molecule has 2 saturated heterocycles. The molecule has 1 unspecified atom stereocenters. The van der Waals surface area contributed by atoms with Crippen LogP contribution in [0.5, 0.6) is 0 Å². The molecule has 2 heterocycles. The Balaban J connectivity index is 1.83. The second-order valence-electron chi connectivity index (χ2n) is 5.53. The van der Waals surface area contributed by atoms with E-state index in [1.807, 2.05) is 7.05 Å². The molecule has 108 valence electrons. The van der Waals surface area contributed by atoms with Crippen molar-refractivity contribution >= 4 is 27.5 Å². The van der Waals surface area contributed by atoms with Crippen molar-refractivity contribution in [2.45, 2.75) is 25.4 Å². The summed E-state index contributed by atoms with van der Waals surface area (Å²) in [5.41, 5.74) is 2.60. The van der Waals surface area contributed by atoms with E-state index in [2.05, 4.69) is 49.2 Å². The fourth-order valence-electron chi connectivity index (χ4n) is 3.25. The lowest BCUT2D eigenvalue weighted by atomic mass is 10.1. The predicted octanol–water partition coefficient (Wildman–Crippen LogP) is 1.98. The molecule has 1 atom stereocenters. The Morgan fingerprint density at radius 3 is 3.05 bits per heavy atom. The van der Waals surface area contributed by atoms with Crippen LogP contribution < -0.4 is 10.2 Å². The number of rotatable bonds is 3. The maximum Gasteiger partial charge on any atom is 0.223 e. The molecule has 2 fully saturated rings. The zero-order chi connectivity index (χ0) is 14.1. The van der Waals surface area contributed by atoms with Gasteiger partial charge in [0.05, 0.1) is 0 Å². The highest BCUT2D eigenvalue weighted by molar-refractivity contribution is 9.10. The molecule has 1 N–H and O–H groups in total. The van der Waals surface area contributed by atoms with Crippen molar-refractivity contribution in [3.63, 3.8) is 0 Å². The van der Waals surface area contributed by atoms with Crippen molar-refractivity contribution in [3.05, 3.63) is 28.2 Å². The molecule has 0 saturated carbocycles. The third kappa shape index (κ3) is 2.56. The summed E-state index contributed by atoms with van der Waals surface area (Å²) in [6, 6.07) is 6.85. The van der Waals surface area contributed by atoms with E-state index < -0.39 is 0 Å². The highest BCUT2D eigenvalue weighted by Crippen LogP contribution is 2.30. The lowest BCUT2D eigenvalue weighted by Gasteiger charge is -2.39. The first-order chi connectivity index (χ1) is 9.69. The molecular formula is C15H20BrN3O. The van der Waals surface area contributed by atoms with Gasteiger partial charge in [-0.25, -0.2) is 0 Å². The van der Waals surface area contributed by atoms with Crippen LogP contribution in [0.3, 0.4) is 0 Å². The van der Waals surface area contributed by atoms with Gasteiger partial charge in [0, 0.05) is 48.8 Å². The molecule has 20 heavy (non-hydrogen) atoms. The van der Waals surface area contributed by atoms with Crippen LogP contribution in [0.4, 0.5) is 5.69 Å². The smallest absolute Gasteiger partial charge is 0.223 e. The number of amides is 1. The van der Waals surface area contributed by atoms with Crippen LogP contribution in [0.25, 0.3) is 0 Å². The van der Waals surface area contributed by atoms with Gasteiger partial charge in [0.2, 0.25) is 5.91 Å². The number of carbonyl (C=O) groups excluding carboxylic acids is 1. The number of fused-ring (bicyclic) bond motifs is 1. The van der Waals surface area contributed by atoms with Crippen LogP contribution in [0, 0.1) is 0 Å². The largest absolute Gasteiger partial charge is 0.367 e. The minimum Gasteiger partial charge on any atom is -0.367 e. The number of nitrogens with zero attached hydrogens (tertiary/aromatic N) is 2. The molecule has 2 aliphatic heterocycles. The van der Waals surface area contributed by atoms with Gasteiger partial charge in [-0.3, -0.25) is 4.79 Å². The van der Waals surface area contributed by atoms with Crippen molar-refractivity contribution in [1.82, 2.24) is 10.2 Å². The summed E-state index contributed by atoms with van der Waals surface area (Å²) < 4.78 is 1.11. The van der Waals surface area contributed by atoms with Crippen LogP contribution in [0.15, 0.2) is 22.7 Å². The molecule has 2 aliphatic rings. The Hall–Kier alpha value is -1.07. The molecule has 3 rings (SSSR count). The van der Waals surface area contributed by atoms with Gasteiger partial charge in [0.25, 0.3) is 0 Å². The van der Waals surface area contributed by atoms with E-state index in [4.69, 9.17) is 0 Å². The van der Waals surface area contributed by atoms with Gasteiger partial charge in [0.1, 0.15) is 0 Å². The normalized spacial score (nSPS) is 22.3. The average Bonchev–Trinajstić information content (AvgIpc) is 2.82. The Labute approximate surface area is 128 Å². The van der Waals surface area contributed by atoms with Crippen molar-refractivity contribution in [3.8, 4) is 0 Å². The number of nitrogens with one attached hydrogen (secondary N) is 1. The highest BCUT2D eigenvalue weighted by Gasteiger charge is 2.35. The highest BCUT2D eigenvalue weighted by atomic mass is 79.9. The Kier molecular flexibility index (Phi) is 3.98. The van der Waals surface area contributed by atoms with Gasteiger partial charge >= 0.3 is 0 Å². The van der Waals surface area contributed by atoms with Crippen LogP contribution in [-0.4, -0.2) is 43.5 Å². The number of piperazine rings is 1. The van der Waals surface area contributed by atoms with E-state index >= 15 is 0 Å². The van der Waals surface area contributed by atoms with E-state index in [9.17, 15) is 4.79 Å². The van der Waals surface area contributed by atoms with Gasteiger partial charge in [-0.2, -0.15) is 0 Å². The van der Waals surface area contributed by atoms with Crippen molar-refractivity contribution in [1.29, 1.82) is 0 Å². The van der Waals surface area contributed by atoms with Gasteiger partial charge in [-0.1, -0.05) is 22.0 Å². The first-order valence-corrected chi connectivity index (χ1v) is 7.96. The maximum atomic E-state index is 11.8. The number of benzene rings is 1. The summed E-state index contributed by atoms with van der Waals surface area (Å²) in [7, 11) is 1.97. The molecular weight excluding hydrogens is 318 g/mol. The lowest BCUT2D eigenvalue weighted by molar-refractivity contribution is -0.129. The zero-order valence-electron chi connectivity index (χ0n) is 11.7. The van der Waals surface area contributed by atoms with E-state index in [-0.39, 0.29) is 0 Å². The first kappa shape index (κ1) is 13.9. The summed E-state index contributed by atoms with van der Waals surface area (Å²) in [5.74, 6) is 0.333. The molecule has 1 aromatic rings. The maximum absolute atomic E-state index is 11.8. The number of anilines is 1. The Morgan fingerprint density at radius 1 is 1.40 bits per heavy atom. The van der Waals surface area contributed by atoms with Crippen molar-refractivity contribution in [2.75, 3.05) is 31.6 Å². The SMILES string of the molecule is CNCc1ccc(Br)cc1N1CCN2C(=O)CCC2C1. The molecule has 5 heteroatoms. The molecule has 0 aromatic heterocycles. The van der Waals surface area contributed by atoms with Crippen LogP contribution in [0.2, 0.25) is 0 Å². The summed E-state index contributed by atoms with van der Waals surface area (Å²) >= 11 is 3.57. The number of hydrogen-bond donors (Lipinski definition) is 1. The molecule has 1 amide bonds. The monoisotopic (exact) mass is 337 g/mol. The fourth-order valence-corrected chi connectivity index (χ4v) is 3.60. The molecule has 0 bridgehead atoms. The van der Waals surface area contributed by atoms with E-state index in [0.717, 1.165) is 43.5 Å². The standard InChI is InChI=1S/C15H20BrN3O/c1-17-9-11-2-3-12(16)8-14(11)18-6-7-19-13(10-18)4-5-15(19)20/h2-3,8,13,17H,4-7,9-10H2,1H3. The first-order valence-electron chi connectivity index (χ1n) is 7.16. The Morgan fingerprint density at radius 2 is 2.25 bits per heavy atom. The fraction of sp³-hybridized carbons (Fsp3) is 0.533. The molecule has 0 aliphatic carbocycles. The van der Waals surface area contributed by atoms with Gasteiger partial charge in [-0.05, 0) is 31.2 Å². The summed E-state index contributed by atoms with van der Waals surface area (Å²) in [6.45, 7) is 3.61. The number of carbonyl (C=O) groups is 1. The van der Waals surface area contributed by atoms with Crippen LogP contribution in [-0.2, 0) is 11.3 Å². The van der Waals surface area contributed by atoms with E-state index in [0.29, 0.717) is 11.9 Å². The predicted molar refractivity (Wildman–Crippen MR) is 83.9 cm³/mol. The minimum atomic E-state index is 0.333. The van der Waals surface area contributed by atoms with Gasteiger partial charge in [0.15, 0.2) is 0 Å². The van der Waals surface area contributed by atoms with E-state index in [1.54, 1.807) is 0 Å². The summed E-state index contributed by atoms with van der Waals surface area (Å²) in [4.78, 5) is 16.3. The van der Waals surface area contributed by atoms with Crippen LogP contribution >= 0.6 is 15.9 Å². The number of hydrogen-bond acceptors (Lipinski definition) is 3. The van der Waals surface area contributed by atoms with Gasteiger partial charge < -0.3 is 15.1 Å². The van der Waals surface area contributed by atoms with Crippen molar-refractivity contribution < 1.29 is 4.79 Å². The zero-order valence-corrected chi connectivity index (χ0v) is 13.3. The number of halogens is 1. The van der Waals surface area contributed by atoms with E-state index in [1.165, 1.54) is 11.3 Å². The second-order valence-corrected chi connectivity index (χ2v) is 6.44. The topological polar surface area (TPSA) is 35.6 Å². The van der Waals surface area contributed by atoms with Crippen LogP contribution in [0.1, 0.15) is 18.4 Å². The minimum absolute atomic E-state index is 0.333. The third-order valence-corrected chi connectivity index (χ3v) is 4.74. The summed E-state index contributed by atoms with van der Waals surface area (Å²) in [5, 5.41) is 3.23. The second kappa shape index (κ2) is 5.74. The quantitative estimate of drug-likeness (QED) is 0.916.